The van der Waals surface area contributed by atoms with Crippen molar-refractivity contribution in [2.24, 2.45) is 0 Å². The molecule has 0 atom stereocenters. The molecule has 0 radical (unpaired) electrons. The number of sulfone groups is 1. The molecule has 8 heteroatoms. The maximum Gasteiger partial charge on any atom is 0.339 e. The highest BCUT2D eigenvalue weighted by Gasteiger charge is 2.25. The number of carboxylic acid groups (broad SMARTS) is 1. The average molecular weight is 436 g/mol. The molecule has 0 aliphatic rings. The Kier molecular flexibility index (Phi) is 8.00. The Hall–Kier alpha value is -2.42. The molecule has 0 saturated carbocycles. The number of aryl methyl sites for hydroxylation is 1. The largest absolute Gasteiger partial charge is 0.491 e. The molecule has 0 spiro atoms. The first-order chi connectivity index (χ1) is 14.0. The highest BCUT2D eigenvalue weighted by molar-refractivity contribution is 7.90. The highest BCUT2D eigenvalue weighted by Crippen LogP contribution is 2.30. The van der Waals surface area contributed by atoms with Crippen LogP contribution in [0.25, 0.3) is 0 Å². The fourth-order valence-electron chi connectivity index (χ4n) is 2.84. The average Bonchev–Trinajstić information content (AvgIpc) is 2.67. The van der Waals surface area contributed by atoms with Crippen LogP contribution in [-0.4, -0.2) is 38.2 Å². The number of carboxylic acids is 1. The summed E-state index contributed by atoms with van der Waals surface area (Å²) in [6, 6.07) is 11.2. The van der Waals surface area contributed by atoms with Crippen molar-refractivity contribution in [1.82, 2.24) is 5.48 Å². The summed E-state index contributed by atoms with van der Waals surface area (Å²) >= 11 is 0. The van der Waals surface area contributed by atoms with Crippen LogP contribution in [0.4, 0.5) is 0 Å². The van der Waals surface area contributed by atoms with Crippen LogP contribution in [0.2, 0.25) is 0 Å². The van der Waals surface area contributed by atoms with Crippen LogP contribution in [0.15, 0.2) is 47.4 Å². The lowest BCUT2D eigenvalue weighted by atomic mass is 10.0. The number of ether oxygens (including phenoxy) is 1. The van der Waals surface area contributed by atoms with Gasteiger partial charge in [-0.15, -0.1) is 0 Å². The summed E-state index contributed by atoms with van der Waals surface area (Å²) < 4.78 is 31.3. The normalized spacial score (nSPS) is 12.0. The van der Waals surface area contributed by atoms with Crippen molar-refractivity contribution in [1.29, 1.82) is 0 Å². The Labute approximate surface area is 177 Å². The van der Waals surface area contributed by atoms with Crippen molar-refractivity contribution in [3.05, 3.63) is 59.2 Å². The molecular formula is C22H29NO6S. The number of hydrogen-bond donors (Lipinski definition) is 2. The van der Waals surface area contributed by atoms with Gasteiger partial charge >= 0.3 is 5.97 Å². The van der Waals surface area contributed by atoms with E-state index < -0.39 is 21.6 Å². The Morgan fingerprint density at radius 3 is 2.27 bits per heavy atom. The zero-order chi connectivity index (χ0) is 22.4. The van der Waals surface area contributed by atoms with E-state index in [1.165, 1.54) is 12.1 Å². The predicted octanol–water partition coefficient (Wildman–Crippen LogP) is 3.62. The summed E-state index contributed by atoms with van der Waals surface area (Å²) in [7, 11) is -3.70. The Bertz CT molecular complexity index is 965. The van der Waals surface area contributed by atoms with E-state index in [2.05, 4.69) is 5.48 Å². The quantitative estimate of drug-likeness (QED) is 0.434. The fourth-order valence-corrected chi connectivity index (χ4v) is 4.23. The van der Waals surface area contributed by atoms with Crippen LogP contribution >= 0.6 is 0 Å². The minimum atomic E-state index is -3.70. The summed E-state index contributed by atoms with van der Waals surface area (Å²) in [5.74, 6) is -1.45. The Morgan fingerprint density at radius 2 is 1.70 bits per heavy atom. The zero-order valence-corrected chi connectivity index (χ0v) is 18.6. The van der Waals surface area contributed by atoms with Crippen LogP contribution < -0.4 is 10.2 Å². The summed E-state index contributed by atoms with van der Waals surface area (Å²) in [6.45, 7) is 8.08. The number of aromatic carboxylic acids is 1. The molecular weight excluding hydrogens is 406 g/mol. The number of rotatable bonds is 10. The number of carbonyl (C=O) groups is 1. The van der Waals surface area contributed by atoms with Crippen LogP contribution in [0, 0.1) is 0 Å². The van der Waals surface area contributed by atoms with E-state index in [9.17, 15) is 18.3 Å². The summed E-state index contributed by atoms with van der Waals surface area (Å²) in [5, 5.41) is 9.83. The van der Waals surface area contributed by atoms with Gasteiger partial charge in [0, 0.05) is 0 Å². The standard InChI is InChI=1S/C22H29NO6S/c1-5-16-11-12-17(15-30(26,27)18-9-7-6-8-10-18)19(21(24)25)20(16)28-14-13-23-29-22(2,3)4/h6-12,23H,5,13-15H2,1-4H3,(H,24,25). The molecule has 0 aliphatic carbocycles. The topological polar surface area (TPSA) is 102 Å². The molecule has 2 rings (SSSR count). The molecule has 0 saturated heterocycles. The molecule has 0 heterocycles. The van der Waals surface area contributed by atoms with E-state index in [1.54, 1.807) is 30.3 Å². The van der Waals surface area contributed by atoms with E-state index in [0.717, 1.165) is 0 Å². The van der Waals surface area contributed by atoms with Gasteiger partial charge in [0.15, 0.2) is 9.84 Å². The second kappa shape index (κ2) is 10.1. The van der Waals surface area contributed by atoms with Crippen molar-refractivity contribution < 1.29 is 27.9 Å². The molecule has 30 heavy (non-hydrogen) atoms. The number of hydroxylamine groups is 1. The van der Waals surface area contributed by atoms with Gasteiger partial charge in [0.25, 0.3) is 0 Å². The van der Waals surface area contributed by atoms with Gasteiger partial charge in [-0.2, -0.15) is 5.48 Å². The molecule has 2 aromatic rings. The number of benzene rings is 2. The molecule has 0 amide bonds. The van der Waals surface area contributed by atoms with Crippen LogP contribution in [0.1, 0.15) is 49.2 Å². The second-order valence-electron chi connectivity index (χ2n) is 7.78. The molecule has 0 aliphatic heterocycles. The third kappa shape index (κ3) is 6.55. The number of nitrogens with one attached hydrogen (secondary N) is 1. The van der Waals surface area contributed by atoms with Gasteiger partial charge < -0.3 is 9.84 Å². The van der Waals surface area contributed by atoms with Gasteiger partial charge in [-0.05, 0) is 50.5 Å². The maximum absolute atomic E-state index is 12.8. The molecule has 0 fully saturated rings. The lowest BCUT2D eigenvalue weighted by molar-refractivity contribution is -0.0749. The van der Waals surface area contributed by atoms with E-state index in [0.29, 0.717) is 18.5 Å². The van der Waals surface area contributed by atoms with Crippen LogP contribution in [-0.2, 0) is 26.8 Å². The third-order valence-corrected chi connectivity index (χ3v) is 5.88. The predicted molar refractivity (Wildman–Crippen MR) is 114 cm³/mol. The van der Waals surface area contributed by atoms with E-state index in [-0.39, 0.29) is 34.0 Å². The van der Waals surface area contributed by atoms with E-state index in [1.807, 2.05) is 27.7 Å². The van der Waals surface area contributed by atoms with Crippen molar-refractivity contribution >= 4 is 15.8 Å². The van der Waals surface area contributed by atoms with Gasteiger partial charge in [-0.1, -0.05) is 37.3 Å². The summed E-state index contributed by atoms with van der Waals surface area (Å²) in [6.07, 6.45) is 0.549. The monoisotopic (exact) mass is 435 g/mol. The lowest BCUT2D eigenvalue weighted by Gasteiger charge is -2.20. The molecule has 164 valence electrons. The van der Waals surface area contributed by atoms with Gasteiger partial charge in [-0.3, -0.25) is 4.84 Å². The molecule has 2 N–H and O–H groups in total. The molecule has 7 nitrogen and oxygen atoms in total. The fraction of sp³-hybridized carbons (Fsp3) is 0.409. The van der Waals surface area contributed by atoms with E-state index >= 15 is 0 Å². The third-order valence-electron chi connectivity index (χ3n) is 4.20. The van der Waals surface area contributed by atoms with Crippen molar-refractivity contribution in [2.75, 3.05) is 13.2 Å². The first-order valence-corrected chi connectivity index (χ1v) is 11.4. The zero-order valence-electron chi connectivity index (χ0n) is 17.8. The molecule has 2 aromatic carbocycles. The minimum Gasteiger partial charge on any atom is -0.491 e. The van der Waals surface area contributed by atoms with Crippen LogP contribution in [0.5, 0.6) is 5.75 Å². The molecule has 0 bridgehead atoms. The smallest absolute Gasteiger partial charge is 0.339 e. The van der Waals surface area contributed by atoms with Crippen molar-refractivity contribution in [2.45, 2.75) is 50.4 Å². The summed E-state index contributed by atoms with van der Waals surface area (Å²) in [5.41, 5.74) is 3.19. The number of hydrogen-bond acceptors (Lipinski definition) is 6. The van der Waals surface area contributed by atoms with Gasteiger partial charge in [0.1, 0.15) is 17.9 Å². The summed E-state index contributed by atoms with van der Waals surface area (Å²) in [4.78, 5) is 17.6. The van der Waals surface area contributed by atoms with E-state index in [4.69, 9.17) is 9.57 Å². The minimum absolute atomic E-state index is 0.120. The van der Waals surface area contributed by atoms with Crippen LogP contribution in [0.3, 0.4) is 0 Å². The van der Waals surface area contributed by atoms with Gasteiger partial charge in [-0.25, -0.2) is 13.2 Å². The molecule has 0 unspecified atom stereocenters. The Morgan fingerprint density at radius 1 is 1.07 bits per heavy atom. The lowest BCUT2D eigenvalue weighted by Crippen LogP contribution is -2.32. The second-order valence-corrected chi connectivity index (χ2v) is 9.77. The first-order valence-electron chi connectivity index (χ1n) is 9.74. The van der Waals surface area contributed by atoms with Gasteiger partial charge in [0.05, 0.1) is 22.8 Å². The van der Waals surface area contributed by atoms with Crippen molar-refractivity contribution in [3.8, 4) is 5.75 Å². The maximum atomic E-state index is 12.8. The first kappa shape index (κ1) is 23.9. The molecule has 0 aromatic heterocycles. The van der Waals surface area contributed by atoms with Gasteiger partial charge in [0.2, 0.25) is 0 Å². The SMILES string of the molecule is CCc1ccc(CS(=O)(=O)c2ccccc2)c(C(=O)O)c1OCCNOC(C)(C)C. The highest BCUT2D eigenvalue weighted by atomic mass is 32.2. The Balaban J connectivity index is 2.30. The van der Waals surface area contributed by atoms with Crippen molar-refractivity contribution in [3.63, 3.8) is 0 Å².